The van der Waals surface area contributed by atoms with E-state index in [4.69, 9.17) is 10.6 Å². The van der Waals surface area contributed by atoms with Gasteiger partial charge in [-0.3, -0.25) is 10.2 Å². The van der Waals surface area contributed by atoms with E-state index in [0.717, 1.165) is 18.6 Å². The van der Waals surface area contributed by atoms with Crippen molar-refractivity contribution in [3.63, 3.8) is 0 Å². The molecule has 0 aromatic heterocycles. The summed E-state index contributed by atoms with van der Waals surface area (Å²) in [5, 5.41) is 9.52. The van der Waals surface area contributed by atoms with E-state index in [1.54, 1.807) is 18.7 Å². The molecule has 4 atom stereocenters. The molecule has 1 saturated heterocycles. The first-order chi connectivity index (χ1) is 7.54. The van der Waals surface area contributed by atoms with Crippen molar-refractivity contribution in [1.29, 1.82) is 0 Å². The second-order valence-electron chi connectivity index (χ2n) is 4.11. The van der Waals surface area contributed by atoms with E-state index < -0.39 is 6.10 Å². The molecule has 0 bridgehead atoms. The number of carbonyl (C=O) groups is 1. The predicted octanol–water partition coefficient (Wildman–Crippen LogP) is 0.0264. The number of amides is 1. The van der Waals surface area contributed by atoms with Gasteiger partial charge < -0.3 is 9.84 Å². The van der Waals surface area contributed by atoms with Gasteiger partial charge in [0.05, 0.1) is 12.2 Å². The van der Waals surface area contributed by atoms with Gasteiger partial charge in [-0.1, -0.05) is 6.92 Å². The van der Waals surface area contributed by atoms with Crippen LogP contribution in [0.2, 0.25) is 0 Å². The number of aliphatic hydroxyl groups excluding tert-OH is 1. The molecule has 4 N–H and O–H groups in total. The molecule has 16 heavy (non-hydrogen) atoms. The Bertz CT molecular complexity index is 238. The summed E-state index contributed by atoms with van der Waals surface area (Å²) >= 11 is 1.67. The quantitative estimate of drug-likeness (QED) is 0.363. The van der Waals surface area contributed by atoms with E-state index in [1.807, 2.05) is 6.92 Å². The Balaban J connectivity index is 2.24. The van der Waals surface area contributed by atoms with Gasteiger partial charge in [-0.2, -0.15) is 11.8 Å². The number of hydrogen-bond acceptors (Lipinski definition) is 5. The highest BCUT2D eigenvalue weighted by Crippen LogP contribution is 2.25. The van der Waals surface area contributed by atoms with Crippen LogP contribution in [0.4, 0.5) is 0 Å². The molecule has 0 aromatic rings. The monoisotopic (exact) mass is 248 g/mol. The Hall–Kier alpha value is -0.300. The van der Waals surface area contributed by atoms with Gasteiger partial charge in [0.1, 0.15) is 6.10 Å². The van der Waals surface area contributed by atoms with Crippen molar-refractivity contribution in [2.75, 3.05) is 5.75 Å². The van der Waals surface area contributed by atoms with Crippen molar-refractivity contribution in [1.82, 2.24) is 5.43 Å². The number of rotatable bonds is 5. The minimum absolute atomic E-state index is 0.0912. The molecule has 1 rings (SSSR count). The standard InChI is InChI=1S/C10H20N2O3S/c1-6(13)7(2)16-5-8-3-4-9(15-8)10(14)12-11/h6-9,13H,3-5,11H2,1-2H3,(H,12,14). The largest absolute Gasteiger partial charge is 0.392 e. The van der Waals surface area contributed by atoms with E-state index in [0.29, 0.717) is 0 Å². The molecule has 5 nitrogen and oxygen atoms in total. The van der Waals surface area contributed by atoms with E-state index in [1.165, 1.54) is 0 Å². The Labute approximate surface area is 100 Å². The smallest absolute Gasteiger partial charge is 0.263 e. The van der Waals surface area contributed by atoms with Crippen molar-refractivity contribution < 1.29 is 14.6 Å². The molecule has 94 valence electrons. The zero-order valence-electron chi connectivity index (χ0n) is 9.68. The summed E-state index contributed by atoms with van der Waals surface area (Å²) in [6.07, 6.45) is 0.954. The predicted molar refractivity (Wildman–Crippen MR) is 63.8 cm³/mol. The Morgan fingerprint density at radius 1 is 1.62 bits per heavy atom. The van der Waals surface area contributed by atoms with E-state index in [-0.39, 0.29) is 23.4 Å². The van der Waals surface area contributed by atoms with E-state index in [2.05, 4.69) is 5.43 Å². The minimum Gasteiger partial charge on any atom is -0.392 e. The molecule has 6 heteroatoms. The third kappa shape index (κ3) is 3.93. The van der Waals surface area contributed by atoms with Crippen LogP contribution in [0, 0.1) is 0 Å². The van der Waals surface area contributed by atoms with Crippen molar-refractivity contribution >= 4 is 17.7 Å². The lowest BCUT2D eigenvalue weighted by Gasteiger charge is -2.17. The zero-order valence-corrected chi connectivity index (χ0v) is 10.5. The molecule has 4 unspecified atom stereocenters. The van der Waals surface area contributed by atoms with Crippen LogP contribution < -0.4 is 11.3 Å². The van der Waals surface area contributed by atoms with Gasteiger partial charge in [0.2, 0.25) is 0 Å². The van der Waals surface area contributed by atoms with Crippen LogP contribution in [0.15, 0.2) is 0 Å². The highest BCUT2D eigenvalue weighted by atomic mass is 32.2. The fourth-order valence-corrected chi connectivity index (χ4v) is 2.55. The van der Waals surface area contributed by atoms with Crippen LogP contribution in [0.3, 0.4) is 0 Å². The maximum Gasteiger partial charge on any atom is 0.263 e. The highest BCUT2D eigenvalue weighted by Gasteiger charge is 2.30. The van der Waals surface area contributed by atoms with Crippen LogP contribution in [0.5, 0.6) is 0 Å². The summed E-state index contributed by atoms with van der Waals surface area (Å²) in [6, 6.07) is 0. The molecule has 1 aliphatic rings. The number of aliphatic hydroxyl groups is 1. The lowest BCUT2D eigenvalue weighted by Crippen LogP contribution is -2.39. The average Bonchev–Trinajstić information content (AvgIpc) is 2.73. The lowest BCUT2D eigenvalue weighted by molar-refractivity contribution is -0.131. The van der Waals surface area contributed by atoms with Crippen molar-refractivity contribution in [3.05, 3.63) is 0 Å². The van der Waals surface area contributed by atoms with Crippen LogP contribution in [-0.2, 0) is 9.53 Å². The number of hydrazine groups is 1. The van der Waals surface area contributed by atoms with Crippen molar-refractivity contribution in [3.8, 4) is 0 Å². The summed E-state index contributed by atoms with van der Waals surface area (Å²) in [4.78, 5) is 11.2. The molecule has 0 aliphatic carbocycles. The summed E-state index contributed by atoms with van der Waals surface area (Å²) in [7, 11) is 0. The number of thioether (sulfide) groups is 1. The fraction of sp³-hybridized carbons (Fsp3) is 0.900. The maximum absolute atomic E-state index is 11.2. The Kier molecular flexibility index (Phi) is 5.54. The second-order valence-corrected chi connectivity index (χ2v) is 5.52. The van der Waals surface area contributed by atoms with Gasteiger partial charge in [0.25, 0.3) is 5.91 Å². The maximum atomic E-state index is 11.2. The van der Waals surface area contributed by atoms with Crippen molar-refractivity contribution in [2.45, 2.75) is 50.3 Å². The third-order valence-corrected chi connectivity index (χ3v) is 4.25. The van der Waals surface area contributed by atoms with Crippen LogP contribution in [0.1, 0.15) is 26.7 Å². The zero-order chi connectivity index (χ0) is 12.1. The minimum atomic E-state index is -0.405. The van der Waals surface area contributed by atoms with Crippen LogP contribution >= 0.6 is 11.8 Å². The molecule has 0 spiro atoms. The highest BCUT2D eigenvalue weighted by molar-refractivity contribution is 7.99. The molecular formula is C10H20N2O3S. The first kappa shape index (κ1) is 13.8. The SMILES string of the molecule is CC(O)C(C)SCC1CCC(C(=O)NN)O1. The van der Waals surface area contributed by atoms with Crippen molar-refractivity contribution in [2.24, 2.45) is 5.84 Å². The molecule has 1 amide bonds. The summed E-state index contributed by atoms with van der Waals surface area (Å²) in [5.74, 6) is 5.59. The van der Waals surface area contributed by atoms with Gasteiger partial charge in [0, 0.05) is 11.0 Å². The van der Waals surface area contributed by atoms with E-state index >= 15 is 0 Å². The first-order valence-electron chi connectivity index (χ1n) is 5.50. The van der Waals surface area contributed by atoms with Gasteiger partial charge in [-0.05, 0) is 19.8 Å². The average molecular weight is 248 g/mol. The summed E-state index contributed by atoms with van der Waals surface area (Å²) < 4.78 is 5.55. The van der Waals surface area contributed by atoms with Crippen LogP contribution in [0.25, 0.3) is 0 Å². The normalized spacial score (nSPS) is 28.8. The molecule has 1 heterocycles. The van der Waals surface area contributed by atoms with Gasteiger partial charge in [0.15, 0.2) is 0 Å². The van der Waals surface area contributed by atoms with E-state index in [9.17, 15) is 9.90 Å². The first-order valence-corrected chi connectivity index (χ1v) is 6.55. The summed E-state index contributed by atoms with van der Waals surface area (Å²) in [5.41, 5.74) is 2.10. The molecule has 0 aromatic carbocycles. The number of ether oxygens (including phenoxy) is 1. The lowest BCUT2D eigenvalue weighted by atomic mass is 10.2. The third-order valence-electron chi connectivity index (χ3n) is 2.77. The molecule has 1 aliphatic heterocycles. The van der Waals surface area contributed by atoms with Gasteiger partial charge >= 0.3 is 0 Å². The number of hydrogen-bond donors (Lipinski definition) is 3. The van der Waals surface area contributed by atoms with Gasteiger partial charge in [-0.15, -0.1) is 0 Å². The molecular weight excluding hydrogens is 228 g/mol. The molecule has 1 fully saturated rings. The Morgan fingerprint density at radius 2 is 2.31 bits per heavy atom. The number of carbonyl (C=O) groups excluding carboxylic acids is 1. The number of nitrogens with one attached hydrogen (secondary N) is 1. The number of nitrogens with two attached hydrogens (primary N) is 1. The molecule has 0 radical (unpaired) electrons. The molecule has 0 saturated carbocycles. The summed E-state index contributed by atoms with van der Waals surface area (Å²) in [6.45, 7) is 3.76. The topological polar surface area (TPSA) is 84.6 Å². The second kappa shape index (κ2) is 6.44. The van der Waals surface area contributed by atoms with Crippen LogP contribution in [-0.4, -0.2) is 40.3 Å². The fourth-order valence-electron chi connectivity index (χ4n) is 1.51. The van der Waals surface area contributed by atoms with Gasteiger partial charge in [-0.25, -0.2) is 5.84 Å². The Morgan fingerprint density at radius 3 is 2.88 bits per heavy atom.